The lowest BCUT2D eigenvalue weighted by molar-refractivity contribution is -0.383. The molecule has 66 valence electrons. The van der Waals surface area contributed by atoms with Crippen molar-refractivity contribution in [3.05, 3.63) is 43.7 Å². The van der Waals surface area contributed by atoms with E-state index in [1.165, 1.54) is 6.07 Å². The minimum atomic E-state index is -0.550. The maximum absolute atomic E-state index is 10.5. The highest BCUT2D eigenvalue weighted by molar-refractivity contribution is 9.10. The summed E-state index contributed by atoms with van der Waals surface area (Å²) < 4.78 is 0.467. The van der Waals surface area contributed by atoms with Crippen molar-refractivity contribution in [2.24, 2.45) is 0 Å². The lowest BCUT2D eigenvalue weighted by atomic mass is 10.2. The van der Waals surface area contributed by atoms with Gasteiger partial charge in [0.1, 0.15) is 0 Å². The molecule has 0 aromatic heterocycles. The number of nitro benzene ring substituents is 1. The predicted octanol–water partition coefficient (Wildman–Crippen LogP) is 3.22. The van der Waals surface area contributed by atoms with Crippen LogP contribution in [-0.2, 0) is 0 Å². The number of halogens is 1. The second kappa shape index (κ2) is 3.54. The van der Waals surface area contributed by atoms with Crippen molar-refractivity contribution in [2.45, 2.75) is 6.92 Å². The summed E-state index contributed by atoms with van der Waals surface area (Å²) in [5.74, 6) is 0. The normalized spacial score (nSPS) is 9.31. The summed E-state index contributed by atoms with van der Waals surface area (Å²) in [7, 11) is 0. The van der Waals surface area contributed by atoms with Gasteiger partial charge in [0.05, 0.1) is 11.5 Å². The first-order valence-electron chi connectivity index (χ1n) is 3.38. The van der Waals surface area contributed by atoms with Crippen LogP contribution in [0.4, 0.5) is 11.4 Å². The lowest BCUT2D eigenvalue weighted by Crippen LogP contribution is -1.89. The smallest absolute Gasteiger partial charge is 0.260 e. The first-order valence-corrected chi connectivity index (χ1v) is 4.17. The summed E-state index contributed by atoms with van der Waals surface area (Å²) >= 11 is 3.11. The first-order chi connectivity index (χ1) is 6.06. The van der Waals surface area contributed by atoms with Crippen molar-refractivity contribution < 1.29 is 4.92 Å². The van der Waals surface area contributed by atoms with E-state index in [0.717, 1.165) is 5.56 Å². The van der Waals surface area contributed by atoms with Gasteiger partial charge in [-0.05, 0) is 12.5 Å². The van der Waals surface area contributed by atoms with Crippen LogP contribution in [0.3, 0.4) is 0 Å². The molecule has 13 heavy (non-hydrogen) atoms. The molecule has 0 saturated heterocycles. The molecular formula is C8H5BrN2O2. The third-order valence-electron chi connectivity index (χ3n) is 1.50. The van der Waals surface area contributed by atoms with Crippen molar-refractivity contribution in [2.75, 3.05) is 0 Å². The standard InChI is InChI=1S/C8H5BrN2O2/c1-5-3-6(9)8(10-2)7(4-5)11(12)13/h3-4H,1H3. The quantitative estimate of drug-likeness (QED) is 0.430. The van der Waals surface area contributed by atoms with Crippen LogP contribution in [-0.4, -0.2) is 4.92 Å². The molecule has 4 nitrogen and oxygen atoms in total. The Bertz CT molecular complexity index is 409. The largest absolute Gasteiger partial charge is 0.280 e. The topological polar surface area (TPSA) is 47.5 Å². The average molecular weight is 241 g/mol. The molecule has 0 N–H and O–H groups in total. The van der Waals surface area contributed by atoms with Gasteiger partial charge in [-0.25, -0.2) is 4.85 Å². The van der Waals surface area contributed by atoms with E-state index in [1.54, 1.807) is 13.0 Å². The second-order valence-electron chi connectivity index (χ2n) is 2.48. The molecule has 1 rings (SSSR count). The molecule has 5 heteroatoms. The molecule has 0 fully saturated rings. The van der Waals surface area contributed by atoms with Gasteiger partial charge >= 0.3 is 0 Å². The molecule has 0 atom stereocenters. The Morgan fingerprint density at radius 3 is 2.69 bits per heavy atom. The molecule has 0 heterocycles. The summed E-state index contributed by atoms with van der Waals surface area (Å²) in [6.07, 6.45) is 0. The highest BCUT2D eigenvalue weighted by Gasteiger charge is 2.17. The fourth-order valence-corrected chi connectivity index (χ4v) is 1.62. The Morgan fingerprint density at radius 1 is 1.62 bits per heavy atom. The molecule has 0 radical (unpaired) electrons. The van der Waals surface area contributed by atoms with Crippen LogP contribution in [0, 0.1) is 23.6 Å². The van der Waals surface area contributed by atoms with Crippen molar-refractivity contribution in [3.63, 3.8) is 0 Å². The van der Waals surface area contributed by atoms with Gasteiger partial charge in [0.2, 0.25) is 0 Å². The fraction of sp³-hybridized carbons (Fsp3) is 0.125. The summed E-state index contributed by atoms with van der Waals surface area (Å²) in [4.78, 5) is 13.1. The van der Waals surface area contributed by atoms with Gasteiger partial charge in [0.15, 0.2) is 0 Å². The Hall–Kier alpha value is -1.41. The number of aryl methyl sites for hydroxylation is 1. The van der Waals surface area contributed by atoms with E-state index in [9.17, 15) is 10.1 Å². The molecule has 0 spiro atoms. The van der Waals surface area contributed by atoms with Crippen LogP contribution < -0.4 is 0 Å². The van der Waals surface area contributed by atoms with Crippen LogP contribution >= 0.6 is 15.9 Å². The predicted molar refractivity (Wildman–Crippen MR) is 51.8 cm³/mol. The van der Waals surface area contributed by atoms with E-state index in [0.29, 0.717) is 4.47 Å². The number of nitrogens with zero attached hydrogens (tertiary/aromatic N) is 2. The van der Waals surface area contributed by atoms with E-state index in [1.807, 2.05) is 0 Å². The van der Waals surface area contributed by atoms with E-state index in [2.05, 4.69) is 20.8 Å². The fourth-order valence-electron chi connectivity index (χ4n) is 0.966. The SMILES string of the molecule is [C-]#[N+]c1c(Br)cc(C)cc1[N+](=O)[O-]. The summed E-state index contributed by atoms with van der Waals surface area (Å²) in [6.45, 7) is 8.52. The van der Waals surface area contributed by atoms with Crippen LogP contribution in [0.5, 0.6) is 0 Å². The number of rotatable bonds is 1. The summed E-state index contributed by atoms with van der Waals surface area (Å²) in [5, 5.41) is 10.5. The van der Waals surface area contributed by atoms with Crippen molar-refractivity contribution in [3.8, 4) is 0 Å². The summed E-state index contributed by atoms with van der Waals surface area (Å²) in [5.41, 5.74) is 0.656. The third kappa shape index (κ3) is 1.84. The van der Waals surface area contributed by atoms with Gasteiger partial charge in [-0.1, -0.05) is 22.0 Å². The zero-order chi connectivity index (χ0) is 10.0. The zero-order valence-corrected chi connectivity index (χ0v) is 8.33. The molecule has 0 saturated carbocycles. The average Bonchev–Trinajstić information content (AvgIpc) is 2.02. The monoisotopic (exact) mass is 240 g/mol. The molecule has 0 aliphatic carbocycles. The minimum Gasteiger partial charge on any atom is -0.260 e. The molecule has 0 unspecified atom stereocenters. The molecule has 1 aromatic rings. The molecule has 0 aliphatic heterocycles. The van der Waals surface area contributed by atoms with Crippen molar-refractivity contribution in [1.82, 2.24) is 0 Å². The number of nitro groups is 1. The Kier molecular flexibility index (Phi) is 2.63. The van der Waals surface area contributed by atoms with E-state index in [4.69, 9.17) is 6.57 Å². The van der Waals surface area contributed by atoms with E-state index < -0.39 is 4.92 Å². The van der Waals surface area contributed by atoms with Crippen molar-refractivity contribution >= 4 is 27.3 Å². The molecule has 1 aromatic carbocycles. The van der Waals surface area contributed by atoms with Gasteiger partial charge in [0, 0.05) is 10.5 Å². The van der Waals surface area contributed by atoms with Crippen LogP contribution in [0.15, 0.2) is 16.6 Å². The highest BCUT2D eigenvalue weighted by atomic mass is 79.9. The molecule has 0 amide bonds. The van der Waals surface area contributed by atoms with E-state index >= 15 is 0 Å². The highest BCUT2D eigenvalue weighted by Crippen LogP contribution is 2.36. The van der Waals surface area contributed by atoms with Gasteiger partial charge < -0.3 is 0 Å². The summed E-state index contributed by atoms with van der Waals surface area (Å²) in [6, 6.07) is 3.07. The molecule has 0 bridgehead atoms. The van der Waals surface area contributed by atoms with Crippen LogP contribution in [0.2, 0.25) is 0 Å². The third-order valence-corrected chi connectivity index (χ3v) is 2.10. The first kappa shape index (κ1) is 9.68. The Balaban J connectivity index is 3.50. The van der Waals surface area contributed by atoms with Gasteiger partial charge in [-0.2, -0.15) is 0 Å². The lowest BCUT2D eigenvalue weighted by Gasteiger charge is -1.99. The Labute approximate surface area is 83.3 Å². The van der Waals surface area contributed by atoms with Crippen LogP contribution in [0.1, 0.15) is 5.56 Å². The molecular weight excluding hydrogens is 236 g/mol. The second-order valence-corrected chi connectivity index (χ2v) is 3.34. The van der Waals surface area contributed by atoms with E-state index in [-0.39, 0.29) is 11.4 Å². The van der Waals surface area contributed by atoms with Gasteiger partial charge in [-0.15, -0.1) is 0 Å². The van der Waals surface area contributed by atoms with Crippen LogP contribution in [0.25, 0.3) is 4.85 Å². The number of hydrogen-bond acceptors (Lipinski definition) is 2. The maximum Gasteiger partial charge on any atom is 0.280 e. The zero-order valence-electron chi connectivity index (χ0n) is 6.74. The molecule has 0 aliphatic rings. The maximum atomic E-state index is 10.5. The number of benzene rings is 1. The Morgan fingerprint density at radius 2 is 2.23 bits per heavy atom. The van der Waals surface area contributed by atoms with Crippen molar-refractivity contribution in [1.29, 1.82) is 0 Å². The van der Waals surface area contributed by atoms with Gasteiger partial charge in [0.25, 0.3) is 11.4 Å². The number of hydrogen-bond donors (Lipinski definition) is 0. The minimum absolute atomic E-state index is 0.0515. The van der Waals surface area contributed by atoms with Gasteiger partial charge in [-0.3, -0.25) is 10.1 Å².